The summed E-state index contributed by atoms with van der Waals surface area (Å²) in [5.74, 6) is 1.72. The van der Waals surface area contributed by atoms with Crippen LogP contribution in [0.15, 0.2) is 4.99 Å². The Hall–Kier alpha value is -0.0800. The molecule has 0 aromatic rings. The zero-order chi connectivity index (χ0) is 18.7. The molecule has 1 saturated heterocycles. The summed E-state index contributed by atoms with van der Waals surface area (Å²) in [6.45, 7) is 8.74. The normalized spacial score (nSPS) is 32.2. The third kappa shape index (κ3) is 4.20. The van der Waals surface area contributed by atoms with Gasteiger partial charge in [0.1, 0.15) is 0 Å². The van der Waals surface area contributed by atoms with Gasteiger partial charge in [-0.3, -0.25) is 4.99 Å². The van der Waals surface area contributed by atoms with Gasteiger partial charge in [0.25, 0.3) is 0 Å². The van der Waals surface area contributed by atoms with Gasteiger partial charge in [-0.05, 0) is 57.8 Å². The first kappa shape index (κ1) is 22.6. The molecule has 5 nitrogen and oxygen atoms in total. The van der Waals surface area contributed by atoms with Crippen molar-refractivity contribution in [1.82, 2.24) is 10.6 Å². The molecule has 4 fully saturated rings. The molecular formula is C22H40IN3O2. The number of guanidine groups is 1. The Bertz CT molecular complexity index is 532. The first-order valence-electron chi connectivity index (χ1n) is 11.5. The molecule has 3 unspecified atom stereocenters. The van der Waals surface area contributed by atoms with Crippen molar-refractivity contribution >= 4 is 29.9 Å². The fourth-order valence-electron chi connectivity index (χ4n) is 6.22. The molecule has 1 heterocycles. The number of hydrogen-bond donors (Lipinski definition) is 2. The zero-order valence-corrected chi connectivity index (χ0v) is 20.1. The van der Waals surface area contributed by atoms with Crippen LogP contribution in [0.4, 0.5) is 0 Å². The van der Waals surface area contributed by atoms with E-state index in [1.807, 2.05) is 0 Å². The van der Waals surface area contributed by atoms with Crippen LogP contribution in [0, 0.1) is 16.7 Å². The third-order valence-electron chi connectivity index (χ3n) is 7.89. The van der Waals surface area contributed by atoms with Crippen molar-refractivity contribution in [2.75, 3.05) is 32.9 Å². The fraction of sp³-hybridized carbons (Fsp3) is 0.955. The van der Waals surface area contributed by atoms with Crippen molar-refractivity contribution in [3.63, 3.8) is 0 Å². The number of aliphatic imine (C=N–C) groups is 1. The Morgan fingerprint density at radius 1 is 1.14 bits per heavy atom. The minimum atomic E-state index is 0. The van der Waals surface area contributed by atoms with Crippen molar-refractivity contribution in [2.45, 2.75) is 83.8 Å². The first-order valence-corrected chi connectivity index (χ1v) is 11.5. The highest BCUT2D eigenvalue weighted by molar-refractivity contribution is 14.0. The van der Waals surface area contributed by atoms with Crippen LogP contribution in [-0.4, -0.2) is 51.0 Å². The van der Waals surface area contributed by atoms with Crippen molar-refractivity contribution in [2.24, 2.45) is 21.7 Å². The van der Waals surface area contributed by atoms with Crippen LogP contribution < -0.4 is 10.6 Å². The third-order valence-corrected chi connectivity index (χ3v) is 7.89. The molecule has 0 amide bonds. The Labute approximate surface area is 188 Å². The monoisotopic (exact) mass is 505 g/mol. The van der Waals surface area contributed by atoms with Gasteiger partial charge in [-0.1, -0.05) is 19.3 Å². The van der Waals surface area contributed by atoms with E-state index in [4.69, 9.17) is 14.5 Å². The standard InChI is InChI=1S/C22H39N3O2.HI/c1-3-23-20(24-16-21(9-5-6-10-21)13-15-26-4-2)25-18-17-8-14-27-19(17)22(18)11-7-12-22;/h17-19H,3-16H2,1-2H3,(H2,23,24,25);1H. The fourth-order valence-corrected chi connectivity index (χ4v) is 6.22. The van der Waals surface area contributed by atoms with Gasteiger partial charge in [0.05, 0.1) is 6.10 Å². The highest BCUT2D eigenvalue weighted by Crippen LogP contribution is 2.62. The molecule has 3 aliphatic carbocycles. The van der Waals surface area contributed by atoms with Crippen molar-refractivity contribution in [1.29, 1.82) is 0 Å². The molecule has 3 atom stereocenters. The molecule has 28 heavy (non-hydrogen) atoms. The van der Waals surface area contributed by atoms with Gasteiger partial charge < -0.3 is 20.1 Å². The Morgan fingerprint density at radius 2 is 1.93 bits per heavy atom. The SMILES string of the molecule is CCNC(=NCC1(CCOCC)CCCC1)NC1C2CCOC2C12CCC2.I. The van der Waals surface area contributed by atoms with Crippen LogP contribution in [-0.2, 0) is 9.47 Å². The minimum Gasteiger partial charge on any atom is -0.382 e. The molecule has 1 spiro atoms. The number of rotatable bonds is 8. The van der Waals surface area contributed by atoms with Crippen molar-refractivity contribution < 1.29 is 9.47 Å². The topological polar surface area (TPSA) is 54.9 Å². The predicted octanol–water partition coefficient (Wildman–Crippen LogP) is 4.10. The second kappa shape index (κ2) is 9.82. The summed E-state index contributed by atoms with van der Waals surface area (Å²) in [5, 5.41) is 7.38. The maximum atomic E-state index is 6.08. The molecule has 0 aromatic carbocycles. The van der Waals surface area contributed by atoms with Gasteiger partial charge in [0, 0.05) is 50.3 Å². The van der Waals surface area contributed by atoms with E-state index in [2.05, 4.69) is 24.5 Å². The molecule has 0 aromatic heterocycles. The van der Waals surface area contributed by atoms with E-state index in [0.29, 0.717) is 28.9 Å². The summed E-state index contributed by atoms with van der Waals surface area (Å²) >= 11 is 0. The predicted molar refractivity (Wildman–Crippen MR) is 124 cm³/mol. The Morgan fingerprint density at radius 3 is 2.57 bits per heavy atom. The van der Waals surface area contributed by atoms with Crippen LogP contribution in [0.3, 0.4) is 0 Å². The Balaban J connectivity index is 0.00000225. The van der Waals surface area contributed by atoms with Crippen LogP contribution >= 0.6 is 24.0 Å². The lowest BCUT2D eigenvalue weighted by Gasteiger charge is -2.63. The van der Waals surface area contributed by atoms with Crippen LogP contribution in [0.1, 0.15) is 71.6 Å². The highest BCUT2D eigenvalue weighted by atomic mass is 127. The lowest BCUT2D eigenvalue weighted by molar-refractivity contribution is -0.171. The van der Waals surface area contributed by atoms with Crippen LogP contribution in [0.5, 0.6) is 0 Å². The van der Waals surface area contributed by atoms with Crippen molar-refractivity contribution in [3.05, 3.63) is 0 Å². The van der Waals surface area contributed by atoms with E-state index in [1.165, 1.54) is 51.4 Å². The van der Waals surface area contributed by atoms with E-state index in [1.54, 1.807) is 0 Å². The number of ether oxygens (including phenoxy) is 2. The average Bonchev–Trinajstić information content (AvgIpc) is 3.25. The van der Waals surface area contributed by atoms with E-state index in [0.717, 1.165) is 45.3 Å². The van der Waals surface area contributed by atoms with Crippen molar-refractivity contribution in [3.8, 4) is 0 Å². The van der Waals surface area contributed by atoms with E-state index in [9.17, 15) is 0 Å². The maximum Gasteiger partial charge on any atom is 0.191 e. The van der Waals surface area contributed by atoms with Gasteiger partial charge in [-0.2, -0.15) is 0 Å². The molecule has 4 rings (SSSR count). The molecule has 2 N–H and O–H groups in total. The summed E-state index contributed by atoms with van der Waals surface area (Å²) in [6.07, 6.45) is 12.2. The summed E-state index contributed by atoms with van der Waals surface area (Å²) in [5.41, 5.74) is 0.752. The number of fused-ring (bicyclic) bond motifs is 2. The smallest absolute Gasteiger partial charge is 0.191 e. The highest BCUT2D eigenvalue weighted by Gasteiger charge is 2.66. The van der Waals surface area contributed by atoms with Gasteiger partial charge in [-0.25, -0.2) is 0 Å². The lowest BCUT2D eigenvalue weighted by Crippen LogP contribution is -2.72. The molecule has 0 bridgehead atoms. The number of nitrogens with one attached hydrogen (secondary N) is 2. The maximum absolute atomic E-state index is 6.08. The van der Waals surface area contributed by atoms with E-state index < -0.39 is 0 Å². The summed E-state index contributed by atoms with van der Waals surface area (Å²) in [6, 6.07) is 0.555. The zero-order valence-electron chi connectivity index (χ0n) is 17.8. The summed E-state index contributed by atoms with van der Waals surface area (Å²) in [7, 11) is 0. The van der Waals surface area contributed by atoms with E-state index in [-0.39, 0.29) is 24.0 Å². The summed E-state index contributed by atoms with van der Waals surface area (Å²) < 4.78 is 11.7. The van der Waals surface area contributed by atoms with Gasteiger partial charge in [0.2, 0.25) is 0 Å². The van der Waals surface area contributed by atoms with Crippen LogP contribution in [0.2, 0.25) is 0 Å². The molecule has 1 aliphatic heterocycles. The van der Waals surface area contributed by atoms with E-state index >= 15 is 0 Å². The molecule has 162 valence electrons. The van der Waals surface area contributed by atoms with Gasteiger partial charge in [-0.15, -0.1) is 24.0 Å². The Kier molecular flexibility index (Phi) is 7.93. The number of nitrogens with zero attached hydrogens (tertiary/aromatic N) is 1. The number of hydrogen-bond acceptors (Lipinski definition) is 3. The second-order valence-corrected chi connectivity index (χ2v) is 9.30. The number of halogens is 1. The quantitative estimate of drug-likeness (QED) is 0.226. The van der Waals surface area contributed by atoms with Gasteiger partial charge in [0.15, 0.2) is 5.96 Å². The molecule has 3 saturated carbocycles. The molecule has 4 aliphatic rings. The minimum absolute atomic E-state index is 0. The average molecular weight is 505 g/mol. The lowest BCUT2D eigenvalue weighted by atomic mass is 9.46. The molecule has 6 heteroatoms. The molecule has 0 radical (unpaired) electrons. The first-order chi connectivity index (χ1) is 13.2. The largest absolute Gasteiger partial charge is 0.382 e. The van der Waals surface area contributed by atoms with Gasteiger partial charge >= 0.3 is 0 Å². The van der Waals surface area contributed by atoms with Crippen LogP contribution in [0.25, 0.3) is 0 Å². The second-order valence-electron chi connectivity index (χ2n) is 9.30. The summed E-state index contributed by atoms with van der Waals surface area (Å²) in [4.78, 5) is 5.10. The molecular weight excluding hydrogens is 465 g/mol.